The molecule has 2 atom stereocenters. The molecule has 0 aromatic heterocycles. The number of carbonyl (C=O) groups is 2. The lowest BCUT2D eigenvalue weighted by Gasteiger charge is -2.11. The monoisotopic (exact) mass is 322 g/mol. The van der Waals surface area contributed by atoms with E-state index in [0.29, 0.717) is 17.2 Å². The van der Waals surface area contributed by atoms with E-state index in [1.807, 2.05) is 6.92 Å². The van der Waals surface area contributed by atoms with Crippen molar-refractivity contribution in [1.82, 2.24) is 0 Å². The fourth-order valence-corrected chi connectivity index (χ4v) is 2.19. The van der Waals surface area contributed by atoms with Crippen LogP contribution in [-0.2, 0) is 14.3 Å². The number of benzene rings is 1. The molecule has 0 heterocycles. The lowest BCUT2D eigenvalue weighted by atomic mass is 10.1. The maximum absolute atomic E-state index is 11.8. The summed E-state index contributed by atoms with van der Waals surface area (Å²) in [6, 6.07) is 2.68. The molecule has 1 amide bonds. The summed E-state index contributed by atoms with van der Waals surface area (Å²) in [5.41, 5.74) is 0.693. The number of ether oxygens (including phenoxy) is 2. The second-order valence-corrected chi connectivity index (χ2v) is 5.57. The molecule has 0 saturated heterocycles. The van der Waals surface area contributed by atoms with Crippen LogP contribution >= 0.6 is 0 Å². The standard InChI is InChI=1S/C15H18N2O6/c1-8-4-10(8)15(19)23-7-14(18)16-11-6-13(22-3)12(17(20)21)5-9(11)2/h5-6,8,10H,4,7H2,1-3H3,(H,16,18). The number of amides is 1. The van der Waals surface area contributed by atoms with Crippen LogP contribution in [0.25, 0.3) is 0 Å². The van der Waals surface area contributed by atoms with Crippen LogP contribution in [0.5, 0.6) is 5.75 Å². The zero-order valence-corrected chi connectivity index (χ0v) is 13.1. The summed E-state index contributed by atoms with van der Waals surface area (Å²) in [6.45, 7) is 3.18. The average Bonchev–Trinajstić information content (AvgIpc) is 3.23. The minimum Gasteiger partial charge on any atom is -0.490 e. The van der Waals surface area contributed by atoms with Crippen LogP contribution in [0, 0.1) is 28.9 Å². The van der Waals surface area contributed by atoms with Crippen molar-refractivity contribution in [3.8, 4) is 5.75 Å². The van der Waals surface area contributed by atoms with Gasteiger partial charge in [-0.1, -0.05) is 6.92 Å². The number of nitro groups is 1. The highest BCUT2D eigenvalue weighted by Gasteiger charge is 2.40. The van der Waals surface area contributed by atoms with Crippen LogP contribution < -0.4 is 10.1 Å². The van der Waals surface area contributed by atoms with Crippen molar-refractivity contribution in [2.45, 2.75) is 20.3 Å². The van der Waals surface area contributed by atoms with Gasteiger partial charge in [0.1, 0.15) is 0 Å². The number of rotatable bonds is 6. The van der Waals surface area contributed by atoms with E-state index in [2.05, 4.69) is 5.32 Å². The van der Waals surface area contributed by atoms with E-state index in [-0.39, 0.29) is 29.9 Å². The molecule has 8 nitrogen and oxygen atoms in total. The number of nitrogens with one attached hydrogen (secondary N) is 1. The lowest BCUT2D eigenvalue weighted by molar-refractivity contribution is -0.385. The average molecular weight is 322 g/mol. The van der Waals surface area contributed by atoms with E-state index in [4.69, 9.17) is 9.47 Å². The van der Waals surface area contributed by atoms with E-state index in [1.165, 1.54) is 19.2 Å². The van der Waals surface area contributed by atoms with Gasteiger partial charge in [0.2, 0.25) is 0 Å². The molecule has 8 heteroatoms. The van der Waals surface area contributed by atoms with Crippen LogP contribution in [0.1, 0.15) is 18.9 Å². The number of anilines is 1. The first-order chi connectivity index (χ1) is 10.8. The molecule has 1 saturated carbocycles. The molecule has 0 spiro atoms. The predicted molar refractivity (Wildman–Crippen MR) is 81.2 cm³/mol. The van der Waals surface area contributed by atoms with Gasteiger partial charge in [0.15, 0.2) is 12.4 Å². The maximum atomic E-state index is 11.8. The van der Waals surface area contributed by atoms with Gasteiger partial charge in [-0.3, -0.25) is 19.7 Å². The number of carbonyl (C=O) groups excluding carboxylic acids is 2. The van der Waals surface area contributed by atoms with E-state index in [9.17, 15) is 19.7 Å². The number of nitro benzene ring substituents is 1. The summed E-state index contributed by atoms with van der Waals surface area (Å²) < 4.78 is 9.89. The molecule has 1 fully saturated rings. The Labute approximate surface area is 132 Å². The summed E-state index contributed by atoms with van der Waals surface area (Å²) in [7, 11) is 1.31. The van der Waals surface area contributed by atoms with Crippen LogP contribution in [0.3, 0.4) is 0 Å². The number of methoxy groups -OCH3 is 1. The first kappa shape index (κ1) is 16.7. The quantitative estimate of drug-likeness (QED) is 0.488. The second-order valence-electron chi connectivity index (χ2n) is 5.57. The summed E-state index contributed by atoms with van der Waals surface area (Å²) in [5, 5.41) is 13.5. The molecule has 0 radical (unpaired) electrons. The predicted octanol–water partition coefficient (Wildman–Crippen LogP) is 2.05. The number of hydrogen-bond acceptors (Lipinski definition) is 6. The third-order valence-electron chi connectivity index (χ3n) is 3.75. The summed E-state index contributed by atoms with van der Waals surface area (Å²) in [6.07, 6.45) is 0.791. The Hall–Kier alpha value is -2.64. The van der Waals surface area contributed by atoms with Gasteiger partial charge in [-0.05, 0) is 24.8 Å². The summed E-state index contributed by atoms with van der Waals surface area (Å²) >= 11 is 0. The van der Waals surface area contributed by atoms with Gasteiger partial charge in [-0.25, -0.2) is 0 Å². The van der Waals surface area contributed by atoms with Crippen molar-refractivity contribution in [1.29, 1.82) is 0 Å². The summed E-state index contributed by atoms with van der Waals surface area (Å²) in [4.78, 5) is 33.8. The zero-order valence-electron chi connectivity index (χ0n) is 13.1. The molecule has 2 rings (SSSR count). The van der Waals surface area contributed by atoms with Crippen LogP contribution in [0.15, 0.2) is 12.1 Å². The molecule has 1 aromatic carbocycles. The van der Waals surface area contributed by atoms with Gasteiger partial charge in [0.25, 0.3) is 5.91 Å². The highest BCUT2D eigenvalue weighted by molar-refractivity contribution is 5.94. The number of hydrogen-bond donors (Lipinski definition) is 1. The molecule has 1 aliphatic carbocycles. The van der Waals surface area contributed by atoms with Gasteiger partial charge in [0.05, 0.1) is 18.0 Å². The molecule has 0 aliphatic heterocycles. The van der Waals surface area contributed by atoms with Crippen molar-refractivity contribution in [3.05, 3.63) is 27.8 Å². The molecule has 0 bridgehead atoms. The van der Waals surface area contributed by atoms with Crippen molar-refractivity contribution in [2.24, 2.45) is 11.8 Å². The minimum atomic E-state index is -0.560. The minimum absolute atomic E-state index is 0.0414. The molecular formula is C15H18N2O6. The lowest BCUT2D eigenvalue weighted by Crippen LogP contribution is -2.22. The largest absolute Gasteiger partial charge is 0.490 e. The Balaban J connectivity index is 2.00. The SMILES string of the molecule is COc1cc(NC(=O)COC(=O)C2CC2C)c(C)cc1[N+](=O)[O-]. The second kappa shape index (κ2) is 6.64. The number of esters is 1. The number of aryl methyl sites for hydroxylation is 1. The van der Waals surface area contributed by atoms with Crippen molar-refractivity contribution >= 4 is 23.3 Å². The Morgan fingerprint density at radius 1 is 1.43 bits per heavy atom. The van der Waals surface area contributed by atoms with Gasteiger partial charge in [-0.15, -0.1) is 0 Å². The Bertz CT molecular complexity index is 658. The van der Waals surface area contributed by atoms with Crippen molar-refractivity contribution < 1.29 is 24.0 Å². The molecule has 124 valence electrons. The highest BCUT2D eigenvalue weighted by atomic mass is 16.6. The Morgan fingerprint density at radius 3 is 2.61 bits per heavy atom. The fourth-order valence-electron chi connectivity index (χ4n) is 2.19. The molecular weight excluding hydrogens is 304 g/mol. The van der Waals surface area contributed by atoms with Crippen LogP contribution in [0.4, 0.5) is 11.4 Å². The van der Waals surface area contributed by atoms with E-state index in [1.54, 1.807) is 6.92 Å². The van der Waals surface area contributed by atoms with Crippen LogP contribution in [-0.4, -0.2) is 30.5 Å². The maximum Gasteiger partial charge on any atom is 0.311 e. The van der Waals surface area contributed by atoms with Gasteiger partial charge in [0, 0.05) is 17.8 Å². The fraction of sp³-hybridized carbons (Fsp3) is 0.467. The van der Waals surface area contributed by atoms with Crippen LogP contribution in [0.2, 0.25) is 0 Å². The van der Waals surface area contributed by atoms with E-state index in [0.717, 1.165) is 6.42 Å². The Kier molecular flexibility index (Phi) is 4.83. The Morgan fingerprint density at radius 2 is 2.09 bits per heavy atom. The third kappa shape index (κ3) is 3.97. The smallest absolute Gasteiger partial charge is 0.311 e. The van der Waals surface area contributed by atoms with Crippen molar-refractivity contribution in [2.75, 3.05) is 19.0 Å². The topological polar surface area (TPSA) is 108 Å². The number of nitrogens with zero attached hydrogens (tertiary/aromatic N) is 1. The zero-order chi connectivity index (χ0) is 17.1. The molecule has 2 unspecified atom stereocenters. The molecule has 23 heavy (non-hydrogen) atoms. The van der Waals surface area contributed by atoms with E-state index < -0.39 is 10.8 Å². The van der Waals surface area contributed by atoms with Gasteiger partial charge >= 0.3 is 11.7 Å². The van der Waals surface area contributed by atoms with Crippen molar-refractivity contribution in [3.63, 3.8) is 0 Å². The summed E-state index contributed by atoms with van der Waals surface area (Å²) in [5.74, 6) is -0.633. The first-order valence-electron chi connectivity index (χ1n) is 7.13. The van der Waals surface area contributed by atoms with Gasteiger partial charge in [-0.2, -0.15) is 0 Å². The molecule has 1 N–H and O–H groups in total. The third-order valence-corrected chi connectivity index (χ3v) is 3.75. The highest BCUT2D eigenvalue weighted by Crippen LogP contribution is 2.38. The molecule has 1 aliphatic rings. The molecule has 1 aromatic rings. The normalized spacial score (nSPS) is 18.9. The first-order valence-corrected chi connectivity index (χ1v) is 7.13. The van der Waals surface area contributed by atoms with E-state index >= 15 is 0 Å². The van der Waals surface area contributed by atoms with Gasteiger partial charge < -0.3 is 14.8 Å².